The highest BCUT2D eigenvalue weighted by Crippen LogP contribution is 2.25. The monoisotopic (exact) mass is 468 g/mol. The first-order valence-electron chi connectivity index (χ1n) is 9.77. The molecule has 2 N–H and O–H groups in total. The van der Waals surface area contributed by atoms with Crippen LogP contribution in [0.2, 0.25) is 10.0 Å². The third kappa shape index (κ3) is 5.52. The summed E-state index contributed by atoms with van der Waals surface area (Å²) in [6.45, 7) is 1.83. The number of nitrogens with one attached hydrogen (secondary N) is 2. The number of Topliss-reactive ketones (excluding diaryl/α,β-unsaturated/α-hetero) is 1. The molecule has 0 aliphatic rings. The Bertz CT molecular complexity index is 1170. The number of amidine groups is 1. The van der Waals surface area contributed by atoms with E-state index in [1.54, 1.807) is 67.5 Å². The van der Waals surface area contributed by atoms with Crippen LogP contribution in [-0.4, -0.2) is 41.5 Å². The van der Waals surface area contributed by atoms with Crippen LogP contribution in [0.15, 0.2) is 54.7 Å². The van der Waals surface area contributed by atoms with E-state index in [1.807, 2.05) is 6.92 Å². The summed E-state index contributed by atoms with van der Waals surface area (Å²) in [5.41, 5.74) is 2.73. The fraction of sp³-hybridized carbons (Fsp3) is 0.167. The second-order valence-corrected chi connectivity index (χ2v) is 8.35. The molecule has 2 aromatic carbocycles. The second-order valence-electron chi connectivity index (χ2n) is 7.51. The number of nitrogens with zero attached hydrogens (tertiary/aromatic N) is 2. The number of pyridine rings is 1. The number of rotatable bonds is 6. The van der Waals surface area contributed by atoms with Gasteiger partial charge in [0.05, 0.1) is 5.02 Å². The van der Waals surface area contributed by atoms with Crippen molar-refractivity contribution in [3.63, 3.8) is 0 Å². The van der Waals surface area contributed by atoms with E-state index in [0.717, 1.165) is 5.56 Å². The van der Waals surface area contributed by atoms with Crippen molar-refractivity contribution >= 4 is 46.5 Å². The molecule has 0 saturated heterocycles. The molecule has 32 heavy (non-hydrogen) atoms. The van der Waals surface area contributed by atoms with Gasteiger partial charge in [-0.3, -0.25) is 15.0 Å². The minimum Gasteiger partial charge on any atom is -0.363 e. The number of carbonyl (C=O) groups excluding carboxylic acids is 2. The molecule has 0 atom stereocenters. The zero-order valence-electron chi connectivity index (χ0n) is 17.9. The minimum atomic E-state index is -0.414. The summed E-state index contributed by atoms with van der Waals surface area (Å²) in [5, 5.41) is 11.6. The SMILES string of the molecule is Cc1cc(Cl)c(CC(=O)c2ccc(C(=N)N(C)C)cc2)c(C(=O)Nc2ccc(Cl)cn2)c1. The highest BCUT2D eigenvalue weighted by Gasteiger charge is 2.19. The summed E-state index contributed by atoms with van der Waals surface area (Å²) in [7, 11) is 3.57. The maximum atomic E-state index is 13.0. The lowest BCUT2D eigenvalue weighted by atomic mass is 9.96. The third-order valence-corrected chi connectivity index (χ3v) is 5.38. The third-order valence-electron chi connectivity index (χ3n) is 4.82. The molecule has 0 unspecified atom stereocenters. The largest absolute Gasteiger partial charge is 0.363 e. The number of hydrogen-bond donors (Lipinski definition) is 2. The Balaban J connectivity index is 1.86. The molecule has 0 spiro atoms. The summed E-state index contributed by atoms with van der Waals surface area (Å²) in [5.74, 6) is 0.0916. The van der Waals surface area contributed by atoms with Crippen LogP contribution in [0.4, 0.5) is 5.82 Å². The number of aryl methyl sites for hydroxylation is 1. The van der Waals surface area contributed by atoms with Gasteiger partial charge in [-0.2, -0.15) is 0 Å². The number of anilines is 1. The fourth-order valence-electron chi connectivity index (χ4n) is 3.12. The van der Waals surface area contributed by atoms with Crippen molar-refractivity contribution in [1.29, 1.82) is 5.41 Å². The lowest BCUT2D eigenvalue weighted by Crippen LogP contribution is -2.21. The highest BCUT2D eigenvalue weighted by atomic mass is 35.5. The number of ketones is 1. The Morgan fingerprint density at radius 3 is 2.28 bits per heavy atom. The fourth-order valence-corrected chi connectivity index (χ4v) is 3.58. The molecular formula is C24H22Cl2N4O2. The first-order chi connectivity index (χ1) is 15.2. The van der Waals surface area contributed by atoms with Crippen molar-refractivity contribution < 1.29 is 9.59 Å². The van der Waals surface area contributed by atoms with Crippen molar-refractivity contribution in [2.45, 2.75) is 13.3 Å². The molecule has 8 heteroatoms. The first kappa shape index (κ1) is 23.4. The van der Waals surface area contributed by atoms with Crippen molar-refractivity contribution in [1.82, 2.24) is 9.88 Å². The molecule has 0 aliphatic carbocycles. The summed E-state index contributed by atoms with van der Waals surface area (Å²) in [6, 6.07) is 13.4. The number of hydrogen-bond acceptors (Lipinski definition) is 4. The molecule has 0 radical (unpaired) electrons. The number of benzene rings is 2. The van der Waals surface area contributed by atoms with Gasteiger partial charge in [0.25, 0.3) is 5.91 Å². The van der Waals surface area contributed by atoms with Crippen LogP contribution in [0.5, 0.6) is 0 Å². The van der Waals surface area contributed by atoms with E-state index in [2.05, 4.69) is 10.3 Å². The van der Waals surface area contributed by atoms with Crippen molar-refractivity contribution in [2.75, 3.05) is 19.4 Å². The quantitative estimate of drug-likeness (QED) is 0.293. The first-order valence-corrected chi connectivity index (χ1v) is 10.5. The van der Waals surface area contributed by atoms with Gasteiger partial charge in [0.15, 0.2) is 5.78 Å². The Morgan fingerprint density at radius 1 is 1.03 bits per heavy atom. The standard InChI is InChI=1S/C24H22Cl2N4O2/c1-14-10-19(24(32)29-22-9-8-17(25)13-28-22)18(20(26)11-14)12-21(31)15-4-6-16(7-5-15)23(27)30(2)3/h4-11,13,27H,12H2,1-3H3,(H,28,29,32). The second kappa shape index (κ2) is 9.94. The highest BCUT2D eigenvalue weighted by molar-refractivity contribution is 6.32. The summed E-state index contributed by atoms with van der Waals surface area (Å²) >= 11 is 12.3. The van der Waals surface area contributed by atoms with Crippen LogP contribution >= 0.6 is 23.2 Å². The topological polar surface area (TPSA) is 86.2 Å². The van der Waals surface area contributed by atoms with Gasteiger partial charge >= 0.3 is 0 Å². The van der Waals surface area contributed by atoms with Gasteiger partial charge in [-0.05, 0) is 42.3 Å². The summed E-state index contributed by atoms with van der Waals surface area (Å²) < 4.78 is 0. The van der Waals surface area contributed by atoms with Gasteiger partial charge in [-0.1, -0.05) is 47.5 Å². The van der Waals surface area contributed by atoms with Gasteiger partial charge in [0.1, 0.15) is 11.7 Å². The maximum absolute atomic E-state index is 13.0. The van der Waals surface area contributed by atoms with E-state index in [0.29, 0.717) is 44.0 Å². The van der Waals surface area contributed by atoms with Crippen LogP contribution in [0.1, 0.15) is 37.4 Å². The lowest BCUT2D eigenvalue weighted by Gasteiger charge is -2.14. The Morgan fingerprint density at radius 2 is 1.69 bits per heavy atom. The smallest absolute Gasteiger partial charge is 0.257 e. The summed E-state index contributed by atoms with van der Waals surface area (Å²) in [4.78, 5) is 31.7. The van der Waals surface area contributed by atoms with Crippen LogP contribution in [0.3, 0.4) is 0 Å². The zero-order chi connectivity index (χ0) is 23.4. The molecule has 3 aromatic rings. The Hall–Kier alpha value is -3.22. The van der Waals surface area contributed by atoms with E-state index in [4.69, 9.17) is 28.6 Å². The predicted octanol–water partition coefficient (Wildman–Crippen LogP) is 5.26. The van der Waals surface area contributed by atoms with Crippen LogP contribution in [0, 0.1) is 12.3 Å². The molecule has 1 amide bonds. The number of halogens is 2. The normalized spacial score (nSPS) is 10.5. The van der Waals surface area contributed by atoms with Gasteiger partial charge in [0, 0.05) is 48.4 Å². The van der Waals surface area contributed by atoms with E-state index in [-0.39, 0.29) is 12.2 Å². The molecule has 6 nitrogen and oxygen atoms in total. The van der Waals surface area contributed by atoms with Gasteiger partial charge in [-0.15, -0.1) is 0 Å². The van der Waals surface area contributed by atoms with E-state index in [1.165, 1.54) is 6.20 Å². The molecule has 0 fully saturated rings. The Kier molecular flexibility index (Phi) is 7.28. The number of amides is 1. The van der Waals surface area contributed by atoms with Gasteiger partial charge in [0.2, 0.25) is 0 Å². The van der Waals surface area contributed by atoms with E-state index >= 15 is 0 Å². The van der Waals surface area contributed by atoms with E-state index in [9.17, 15) is 9.59 Å². The Labute approximate surface area is 196 Å². The van der Waals surface area contributed by atoms with Gasteiger partial charge in [-0.25, -0.2) is 4.98 Å². The van der Waals surface area contributed by atoms with Crippen molar-refractivity contribution in [3.05, 3.63) is 92.6 Å². The van der Waals surface area contributed by atoms with Crippen molar-refractivity contribution in [2.24, 2.45) is 0 Å². The molecule has 0 aliphatic heterocycles. The molecule has 0 saturated carbocycles. The zero-order valence-corrected chi connectivity index (χ0v) is 19.4. The molecule has 1 heterocycles. The summed E-state index contributed by atoms with van der Waals surface area (Å²) in [6.07, 6.45) is 1.39. The van der Waals surface area contributed by atoms with Crippen LogP contribution < -0.4 is 5.32 Å². The molecular weight excluding hydrogens is 447 g/mol. The van der Waals surface area contributed by atoms with Crippen LogP contribution in [0.25, 0.3) is 0 Å². The van der Waals surface area contributed by atoms with Crippen LogP contribution in [-0.2, 0) is 6.42 Å². The average molecular weight is 469 g/mol. The molecule has 0 bridgehead atoms. The molecule has 1 aromatic heterocycles. The van der Waals surface area contributed by atoms with E-state index < -0.39 is 5.91 Å². The minimum absolute atomic E-state index is 0.0413. The molecule has 164 valence electrons. The number of aromatic nitrogens is 1. The average Bonchev–Trinajstić information content (AvgIpc) is 2.76. The maximum Gasteiger partial charge on any atom is 0.257 e. The lowest BCUT2D eigenvalue weighted by molar-refractivity contribution is 0.0992. The predicted molar refractivity (Wildman–Crippen MR) is 128 cm³/mol. The number of carbonyl (C=O) groups is 2. The molecule has 3 rings (SSSR count). The van der Waals surface area contributed by atoms with Gasteiger partial charge < -0.3 is 10.2 Å². The van der Waals surface area contributed by atoms with Crippen molar-refractivity contribution in [3.8, 4) is 0 Å².